The first-order valence-corrected chi connectivity index (χ1v) is 7.87. The molecule has 0 aromatic carbocycles. The summed E-state index contributed by atoms with van der Waals surface area (Å²) in [6.07, 6.45) is 5.41. The van der Waals surface area contributed by atoms with Crippen LogP contribution in [0.2, 0.25) is 0 Å². The van der Waals surface area contributed by atoms with E-state index in [1.165, 1.54) is 0 Å². The molecule has 0 aromatic heterocycles. The predicted molar refractivity (Wildman–Crippen MR) is 80.1 cm³/mol. The molecule has 1 rings (SSSR count). The molecule has 1 saturated heterocycles. The number of piperidine rings is 1. The van der Waals surface area contributed by atoms with Crippen molar-refractivity contribution in [2.75, 3.05) is 33.3 Å². The molecule has 2 N–H and O–H groups in total. The number of likely N-dealkylation sites (tertiary alicyclic amines) is 1. The van der Waals surface area contributed by atoms with Gasteiger partial charge in [-0.2, -0.15) is 0 Å². The van der Waals surface area contributed by atoms with Gasteiger partial charge in [0.05, 0.1) is 0 Å². The van der Waals surface area contributed by atoms with Crippen molar-refractivity contribution in [3.8, 4) is 0 Å². The van der Waals surface area contributed by atoms with Crippen LogP contribution in [0, 0.1) is 5.92 Å². The number of hydrogen-bond acceptors (Lipinski definition) is 3. The number of amides is 2. The molecule has 0 saturated carbocycles. The van der Waals surface area contributed by atoms with Crippen LogP contribution >= 0.6 is 0 Å². The van der Waals surface area contributed by atoms with Crippen molar-refractivity contribution in [3.63, 3.8) is 0 Å². The molecule has 1 aliphatic rings. The summed E-state index contributed by atoms with van der Waals surface area (Å²) in [6, 6.07) is 0.0408. The van der Waals surface area contributed by atoms with Crippen LogP contribution in [0.1, 0.15) is 44.9 Å². The van der Waals surface area contributed by atoms with Gasteiger partial charge in [-0.1, -0.05) is 0 Å². The molecule has 0 aliphatic carbocycles. The smallest absolute Gasteiger partial charge is 0.319 e. The van der Waals surface area contributed by atoms with Crippen LogP contribution in [0.25, 0.3) is 0 Å². The zero-order valence-corrected chi connectivity index (χ0v) is 13.0. The number of aliphatic hydroxyl groups excluding tert-OH is 1. The van der Waals surface area contributed by atoms with Crippen LogP contribution in [0.15, 0.2) is 0 Å². The van der Waals surface area contributed by atoms with Crippen molar-refractivity contribution in [2.24, 2.45) is 5.92 Å². The van der Waals surface area contributed by atoms with Gasteiger partial charge in [0.15, 0.2) is 0 Å². The molecule has 0 aromatic rings. The fourth-order valence-electron chi connectivity index (χ4n) is 2.78. The Hall–Kier alpha value is -1.30. The number of hydrogen-bond donors (Lipinski definition) is 2. The monoisotopic (exact) mass is 300 g/mol. The molecule has 0 bridgehead atoms. The molecule has 0 radical (unpaired) electrons. The number of nitrogens with zero attached hydrogens (tertiary/aromatic N) is 2. The Balaban J connectivity index is 2.33. The minimum absolute atomic E-state index is 0.0408. The number of aliphatic hydroxyl groups is 1. The molecule has 1 atom stereocenters. The lowest BCUT2D eigenvalue weighted by Gasteiger charge is -2.35. The topological polar surface area (TPSA) is 81.1 Å². The van der Waals surface area contributed by atoms with Crippen molar-refractivity contribution in [1.29, 1.82) is 0 Å². The van der Waals surface area contributed by atoms with Gasteiger partial charge in [0, 0.05) is 39.7 Å². The molecule has 1 aliphatic heterocycles. The van der Waals surface area contributed by atoms with Crippen LogP contribution in [0.4, 0.5) is 4.79 Å². The summed E-state index contributed by atoms with van der Waals surface area (Å²) in [4.78, 5) is 26.5. The van der Waals surface area contributed by atoms with Gasteiger partial charge in [0.25, 0.3) is 0 Å². The highest BCUT2D eigenvalue weighted by molar-refractivity contribution is 5.74. The first-order chi connectivity index (χ1) is 10.0. The van der Waals surface area contributed by atoms with Gasteiger partial charge in [-0.3, -0.25) is 4.79 Å². The van der Waals surface area contributed by atoms with E-state index in [2.05, 4.69) is 0 Å². The molecule has 21 heavy (non-hydrogen) atoms. The first kappa shape index (κ1) is 17.8. The minimum Gasteiger partial charge on any atom is -0.481 e. The molecule has 0 spiro atoms. The molecule has 122 valence electrons. The third-order valence-corrected chi connectivity index (χ3v) is 4.03. The number of rotatable bonds is 8. The first-order valence-electron chi connectivity index (χ1n) is 7.87. The number of carboxylic acids is 1. The van der Waals surface area contributed by atoms with Crippen LogP contribution in [-0.2, 0) is 4.79 Å². The van der Waals surface area contributed by atoms with E-state index < -0.39 is 5.97 Å². The lowest BCUT2D eigenvalue weighted by Crippen LogP contribution is -2.46. The highest BCUT2D eigenvalue weighted by Crippen LogP contribution is 2.21. The Kier molecular flexibility index (Phi) is 8.12. The SMILES string of the molecule is CN(CCCCCO)C(=O)N1CCCC(CCC(=O)O)C1. The molecule has 6 nitrogen and oxygen atoms in total. The Morgan fingerprint density at radius 1 is 1.29 bits per heavy atom. The summed E-state index contributed by atoms with van der Waals surface area (Å²) in [5.41, 5.74) is 0. The second kappa shape index (κ2) is 9.60. The highest BCUT2D eigenvalue weighted by atomic mass is 16.4. The summed E-state index contributed by atoms with van der Waals surface area (Å²) < 4.78 is 0. The lowest BCUT2D eigenvalue weighted by atomic mass is 9.93. The van der Waals surface area contributed by atoms with Crippen molar-refractivity contribution >= 4 is 12.0 Å². The third-order valence-electron chi connectivity index (χ3n) is 4.03. The molecule has 1 fully saturated rings. The van der Waals surface area contributed by atoms with E-state index in [-0.39, 0.29) is 19.1 Å². The number of aliphatic carboxylic acids is 1. The van der Waals surface area contributed by atoms with E-state index in [0.717, 1.165) is 38.6 Å². The number of carbonyl (C=O) groups excluding carboxylic acids is 1. The molecule has 6 heteroatoms. The number of urea groups is 1. The highest BCUT2D eigenvalue weighted by Gasteiger charge is 2.25. The predicted octanol–water partition coefficient (Wildman–Crippen LogP) is 1.78. The minimum atomic E-state index is -0.764. The van der Waals surface area contributed by atoms with Crippen molar-refractivity contribution < 1.29 is 19.8 Å². The zero-order valence-electron chi connectivity index (χ0n) is 13.0. The maximum atomic E-state index is 12.3. The number of carboxylic acid groups (broad SMARTS) is 1. The standard InChI is InChI=1S/C15H28N2O4/c1-16(9-3-2-4-11-18)15(21)17-10-5-6-13(12-17)7-8-14(19)20/h13,18H,2-12H2,1H3,(H,19,20). The molecular formula is C15H28N2O4. The largest absolute Gasteiger partial charge is 0.481 e. The lowest BCUT2D eigenvalue weighted by molar-refractivity contribution is -0.137. The van der Waals surface area contributed by atoms with E-state index in [0.29, 0.717) is 25.4 Å². The maximum absolute atomic E-state index is 12.3. The molecule has 1 heterocycles. The van der Waals surface area contributed by atoms with E-state index in [9.17, 15) is 9.59 Å². The second-order valence-corrected chi connectivity index (χ2v) is 5.88. The zero-order chi connectivity index (χ0) is 15.7. The number of carbonyl (C=O) groups is 2. The fourth-order valence-corrected chi connectivity index (χ4v) is 2.78. The van der Waals surface area contributed by atoms with Crippen LogP contribution in [-0.4, -0.2) is 65.3 Å². The summed E-state index contributed by atoms with van der Waals surface area (Å²) in [6.45, 7) is 2.35. The molecule has 1 unspecified atom stereocenters. The molecular weight excluding hydrogens is 272 g/mol. The van der Waals surface area contributed by atoms with Crippen molar-refractivity contribution in [2.45, 2.75) is 44.9 Å². The summed E-state index contributed by atoms with van der Waals surface area (Å²) in [5, 5.41) is 17.5. The number of unbranched alkanes of at least 4 members (excludes halogenated alkanes) is 2. The average Bonchev–Trinajstić information content (AvgIpc) is 2.49. The van der Waals surface area contributed by atoms with E-state index >= 15 is 0 Å². The van der Waals surface area contributed by atoms with Crippen LogP contribution < -0.4 is 0 Å². The van der Waals surface area contributed by atoms with Gasteiger partial charge >= 0.3 is 12.0 Å². The Morgan fingerprint density at radius 2 is 2.05 bits per heavy atom. The van der Waals surface area contributed by atoms with Crippen LogP contribution in [0.5, 0.6) is 0 Å². The summed E-state index contributed by atoms with van der Waals surface area (Å²) >= 11 is 0. The van der Waals surface area contributed by atoms with Crippen molar-refractivity contribution in [1.82, 2.24) is 9.80 Å². The van der Waals surface area contributed by atoms with E-state index in [4.69, 9.17) is 10.2 Å². The van der Waals surface area contributed by atoms with Gasteiger partial charge in [-0.15, -0.1) is 0 Å². The van der Waals surface area contributed by atoms with Gasteiger partial charge in [-0.05, 0) is 44.4 Å². The van der Waals surface area contributed by atoms with Gasteiger partial charge in [0.1, 0.15) is 0 Å². The Bertz CT molecular complexity index is 336. The fraction of sp³-hybridized carbons (Fsp3) is 0.867. The van der Waals surface area contributed by atoms with E-state index in [1.54, 1.807) is 4.90 Å². The van der Waals surface area contributed by atoms with E-state index in [1.807, 2.05) is 11.9 Å². The second-order valence-electron chi connectivity index (χ2n) is 5.88. The summed E-state index contributed by atoms with van der Waals surface area (Å²) in [7, 11) is 1.81. The van der Waals surface area contributed by atoms with Gasteiger partial charge in [0.2, 0.25) is 0 Å². The maximum Gasteiger partial charge on any atom is 0.319 e. The van der Waals surface area contributed by atoms with Gasteiger partial charge < -0.3 is 20.0 Å². The Labute approximate surface area is 126 Å². The average molecular weight is 300 g/mol. The van der Waals surface area contributed by atoms with Gasteiger partial charge in [-0.25, -0.2) is 4.79 Å². The normalized spacial score (nSPS) is 18.6. The van der Waals surface area contributed by atoms with Crippen molar-refractivity contribution in [3.05, 3.63) is 0 Å². The Morgan fingerprint density at radius 3 is 2.71 bits per heavy atom. The van der Waals surface area contributed by atoms with Crippen LogP contribution in [0.3, 0.4) is 0 Å². The molecule has 2 amide bonds. The third kappa shape index (κ3) is 6.80. The quantitative estimate of drug-likeness (QED) is 0.670. The summed E-state index contributed by atoms with van der Waals surface area (Å²) in [5.74, 6) is -0.457.